The number of carbonyl (C=O) groups excluding carboxylic acids is 1. The molecule has 1 amide bonds. The van der Waals surface area contributed by atoms with Gasteiger partial charge in [0, 0.05) is 11.6 Å². The van der Waals surface area contributed by atoms with Crippen LogP contribution in [-0.4, -0.2) is 41.3 Å². The van der Waals surface area contributed by atoms with E-state index in [0.29, 0.717) is 23.2 Å². The third kappa shape index (κ3) is 4.43. The highest BCUT2D eigenvalue weighted by atomic mass is 79.9. The zero-order valence-electron chi connectivity index (χ0n) is 12.0. The third-order valence-electron chi connectivity index (χ3n) is 3.07. The van der Waals surface area contributed by atoms with Crippen LogP contribution in [0, 0.1) is 0 Å². The molecule has 1 aliphatic rings. The highest BCUT2D eigenvalue weighted by molar-refractivity contribution is 9.10. The molecule has 8 heteroatoms. The van der Waals surface area contributed by atoms with Crippen LogP contribution in [0.25, 0.3) is 0 Å². The highest BCUT2D eigenvalue weighted by Crippen LogP contribution is 2.30. The Bertz CT molecular complexity index is 585. The molecule has 2 rings (SSSR count). The van der Waals surface area contributed by atoms with E-state index in [4.69, 9.17) is 9.47 Å². The van der Waals surface area contributed by atoms with Gasteiger partial charge in [0.15, 0.2) is 5.79 Å². The zero-order valence-corrected chi connectivity index (χ0v) is 13.6. The van der Waals surface area contributed by atoms with E-state index in [1.165, 1.54) is 18.3 Å². The van der Waals surface area contributed by atoms with Crippen LogP contribution in [0.3, 0.4) is 0 Å². The van der Waals surface area contributed by atoms with Crippen LogP contribution in [0.15, 0.2) is 21.7 Å². The van der Waals surface area contributed by atoms with Crippen LogP contribution in [-0.2, 0) is 14.3 Å². The molecule has 0 aromatic heterocycles. The number of benzene rings is 1. The molecule has 0 saturated carbocycles. The van der Waals surface area contributed by atoms with E-state index >= 15 is 0 Å². The third-order valence-corrected chi connectivity index (χ3v) is 3.71. The van der Waals surface area contributed by atoms with Crippen molar-refractivity contribution < 1.29 is 24.5 Å². The Morgan fingerprint density at radius 3 is 2.77 bits per heavy atom. The minimum atomic E-state index is -0.929. The van der Waals surface area contributed by atoms with E-state index in [1.807, 2.05) is 0 Å². The summed E-state index contributed by atoms with van der Waals surface area (Å²) in [5.41, 5.74) is 2.70. The number of phenolic OH excluding ortho intramolecular Hbond substituents is 2. The monoisotopic (exact) mass is 372 g/mol. The number of rotatable bonds is 4. The second-order valence-corrected chi connectivity index (χ2v) is 5.87. The highest BCUT2D eigenvalue weighted by Gasteiger charge is 2.31. The van der Waals surface area contributed by atoms with Gasteiger partial charge in [-0.15, -0.1) is 0 Å². The normalized spacial score (nSPS) is 17.5. The van der Waals surface area contributed by atoms with E-state index in [1.54, 1.807) is 6.92 Å². The van der Waals surface area contributed by atoms with Crippen molar-refractivity contribution in [2.75, 3.05) is 13.2 Å². The fourth-order valence-electron chi connectivity index (χ4n) is 1.95. The average Bonchev–Trinajstić information content (AvgIpc) is 2.44. The summed E-state index contributed by atoms with van der Waals surface area (Å²) in [5.74, 6) is -1.53. The van der Waals surface area contributed by atoms with Gasteiger partial charge in [-0.2, -0.15) is 5.10 Å². The molecule has 0 unspecified atom stereocenters. The number of aromatic hydroxyl groups is 2. The molecule has 0 bridgehead atoms. The zero-order chi connectivity index (χ0) is 16.2. The summed E-state index contributed by atoms with van der Waals surface area (Å²) in [7, 11) is 0. The van der Waals surface area contributed by atoms with Gasteiger partial charge >= 0.3 is 0 Å². The van der Waals surface area contributed by atoms with Crippen LogP contribution in [0.1, 0.15) is 25.3 Å². The molecular weight excluding hydrogens is 356 g/mol. The number of carbonyl (C=O) groups is 1. The lowest BCUT2D eigenvalue weighted by Gasteiger charge is -2.33. The number of amides is 1. The first-order chi connectivity index (χ1) is 10.4. The van der Waals surface area contributed by atoms with E-state index in [2.05, 4.69) is 26.5 Å². The predicted octanol–water partition coefficient (Wildman–Crippen LogP) is 1.85. The predicted molar refractivity (Wildman–Crippen MR) is 82.8 cm³/mol. The molecule has 0 aliphatic carbocycles. The van der Waals surface area contributed by atoms with Gasteiger partial charge in [-0.05, 0) is 35.3 Å². The fraction of sp³-hybridized carbons (Fsp3) is 0.429. The van der Waals surface area contributed by atoms with Crippen molar-refractivity contribution in [3.05, 3.63) is 22.2 Å². The standard InChI is InChI=1S/C14H17BrN2O5/c1-14(21-3-2-4-22-14)7-13(20)17-16-8-9-5-10(15)12(19)6-11(9)18/h5-6,8,18-19H,2-4,7H2,1H3,(H,17,20)/b16-8-. The molecule has 0 atom stereocenters. The number of ether oxygens (including phenoxy) is 2. The molecule has 1 fully saturated rings. The van der Waals surface area contributed by atoms with Gasteiger partial charge in [-0.25, -0.2) is 5.43 Å². The van der Waals surface area contributed by atoms with Gasteiger partial charge in [0.05, 0.1) is 30.3 Å². The molecule has 3 N–H and O–H groups in total. The first-order valence-electron chi connectivity index (χ1n) is 6.71. The lowest BCUT2D eigenvalue weighted by atomic mass is 10.2. The Labute approximate surface area is 136 Å². The first kappa shape index (κ1) is 16.7. The topological polar surface area (TPSA) is 100 Å². The van der Waals surface area contributed by atoms with E-state index in [-0.39, 0.29) is 23.8 Å². The SMILES string of the molecule is CC1(CC(=O)N/N=C\c2cc(Br)c(O)cc2O)OCCCO1. The van der Waals surface area contributed by atoms with Crippen molar-refractivity contribution in [3.63, 3.8) is 0 Å². The van der Waals surface area contributed by atoms with Crippen LogP contribution in [0.5, 0.6) is 11.5 Å². The van der Waals surface area contributed by atoms with Crippen molar-refractivity contribution in [1.29, 1.82) is 0 Å². The minimum Gasteiger partial charge on any atom is -0.507 e. The molecule has 1 saturated heterocycles. The Morgan fingerprint density at radius 2 is 2.09 bits per heavy atom. The van der Waals surface area contributed by atoms with Crippen LogP contribution >= 0.6 is 15.9 Å². The maximum absolute atomic E-state index is 11.8. The Balaban J connectivity index is 1.92. The number of hydrazone groups is 1. The average molecular weight is 373 g/mol. The molecule has 1 aliphatic heterocycles. The molecule has 22 heavy (non-hydrogen) atoms. The van der Waals surface area contributed by atoms with Gasteiger partial charge in [-0.3, -0.25) is 4.79 Å². The first-order valence-corrected chi connectivity index (χ1v) is 7.50. The van der Waals surface area contributed by atoms with E-state index in [9.17, 15) is 15.0 Å². The lowest BCUT2D eigenvalue weighted by Crippen LogP contribution is -2.41. The molecule has 1 aromatic carbocycles. The van der Waals surface area contributed by atoms with Crippen molar-refractivity contribution >= 4 is 28.1 Å². The second-order valence-electron chi connectivity index (χ2n) is 5.02. The fourth-order valence-corrected chi connectivity index (χ4v) is 2.31. The summed E-state index contributed by atoms with van der Waals surface area (Å²) >= 11 is 3.13. The maximum atomic E-state index is 11.8. The Kier molecular flexibility index (Phi) is 5.38. The Hall–Kier alpha value is -1.64. The molecule has 1 heterocycles. The van der Waals surface area contributed by atoms with Gasteiger partial charge in [0.1, 0.15) is 11.5 Å². The number of hydrogen-bond acceptors (Lipinski definition) is 6. The van der Waals surface area contributed by atoms with Crippen LogP contribution in [0.4, 0.5) is 0 Å². The van der Waals surface area contributed by atoms with E-state index < -0.39 is 5.79 Å². The summed E-state index contributed by atoms with van der Waals surface area (Å²) in [6, 6.07) is 2.66. The van der Waals surface area contributed by atoms with Crippen molar-refractivity contribution in [2.45, 2.75) is 25.6 Å². The number of nitrogens with zero attached hydrogens (tertiary/aromatic N) is 1. The van der Waals surface area contributed by atoms with E-state index in [0.717, 1.165) is 6.42 Å². The largest absolute Gasteiger partial charge is 0.507 e. The molecule has 120 valence electrons. The maximum Gasteiger partial charge on any atom is 0.245 e. The molecule has 7 nitrogen and oxygen atoms in total. The van der Waals surface area contributed by atoms with Crippen molar-refractivity contribution in [1.82, 2.24) is 5.43 Å². The Morgan fingerprint density at radius 1 is 1.41 bits per heavy atom. The van der Waals surface area contributed by atoms with Gasteiger partial charge in [0.2, 0.25) is 5.91 Å². The molecule has 0 spiro atoms. The number of nitrogens with one attached hydrogen (secondary N) is 1. The number of halogens is 1. The summed E-state index contributed by atoms with van der Waals surface area (Å²) in [4.78, 5) is 11.8. The minimum absolute atomic E-state index is 0.0234. The second kappa shape index (κ2) is 7.08. The summed E-state index contributed by atoms with van der Waals surface area (Å²) in [6.45, 7) is 2.82. The van der Waals surface area contributed by atoms with Gasteiger partial charge in [0.25, 0.3) is 0 Å². The van der Waals surface area contributed by atoms with Crippen LogP contribution in [0.2, 0.25) is 0 Å². The van der Waals surface area contributed by atoms with Gasteiger partial charge in [-0.1, -0.05) is 0 Å². The van der Waals surface area contributed by atoms with Crippen molar-refractivity contribution in [2.24, 2.45) is 5.10 Å². The number of hydrogen-bond donors (Lipinski definition) is 3. The molecule has 0 radical (unpaired) electrons. The lowest BCUT2D eigenvalue weighted by molar-refractivity contribution is -0.256. The summed E-state index contributed by atoms with van der Waals surface area (Å²) in [5, 5.41) is 22.8. The van der Waals surface area contributed by atoms with Crippen molar-refractivity contribution in [3.8, 4) is 11.5 Å². The smallest absolute Gasteiger partial charge is 0.245 e. The van der Waals surface area contributed by atoms with Gasteiger partial charge < -0.3 is 19.7 Å². The number of phenols is 2. The molecule has 1 aromatic rings. The summed E-state index contributed by atoms with van der Waals surface area (Å²) < 4.78 is 11.3. The quantitative estimate of drug-likeness (QED) is 0.553. The molecular formula is C14H17BrN2O5. The van der Waals surface area contributed by atoms with Crippen LogP contribution < -0.4 is 5.43 Å². The summed E-state index contributed by atoms with van der Waals surface area (Å²) in [6.07, 6.45) is 2.11.